The predicted molar refractivity (Wildman–Crippen MR) is 140 cm³/mol. The van der Waals surface area contributed by atoms with Crippen LogP contribution in [0.15, 0.2) is 48.5 Å². The SMILES string of the molecule is CN(C(=O)Cc1ccc2sc(=S)[nH]c2c1)[C@H](CN1CC[C@H](O)C1)c1ccccc1.S.S. The van der Waals surface area contributed by atoms with Crippen LogP contribution in [-0.4, -0.2) is 58.6 Å². The zero-order valence-electron chi connectivity index (χ0n) is 17.4. The molecule has 1 fully saturated rings. The van der Waals surface area contributed by atoms with E-state index >= 15 is 0 Å². The first-order chi connectivity index (χ1) is 14.0. The van der Waals surface area contributed by atoms with Crippen LogP contribution in [0.2, 0.25) is 0 Å². The number of likely N-dealkylation sites (N-methyl/N-ethyl adjacent to an activating group) is 1. The van der Waals surface area contributed by atoms with E-state index in [0.717, 1.165) is 44.8 Å². The number of aliphatic hydroxyl groups is 1. The number of nitrogens with one attached hydrogen (secondary N) is 1. The zero-order valence-corrected chi connectivity index (χ0v) is 21.0. The van der Waals surface area contributed by atoms with Crippen LogP contribution in [-0.2, 0) is 11.2 Å². The number of aromatic amines is 1. The average Bonchev–Trinajstić information content (AvgIpc) is 3.30. The summed E-state index contributed by atoms with van der Waals surface area (Å²) >= 11 is 6.76. The fraction of sp³-hybridized carbons (Fsp3) is 0.364. The molecule has 2 N–H and O–H groups in total. The van der Waals surface area contributed by atoms with Crippen molar-refractivity contribution in [2.24, 2.45) is 0 Å². The molecule has 2 heterocycles. The molecule has 1 aromatic heterocycles. The Morgan fingerprint density at radius 3 is 2.71 bits per heavy atom. The van der Waals surface area contributed by atoms with Crippen molar-refractivity contribution in [3.63, 3.8) is 0 Å². The number of aliphatic hydroxyl groups excluding tert-OH is 1. The van der Waals surface area contributed by atoms with Crippen LogP contribution in [0.3, 0.4) is 0 Å². The van der Waals surface area contributed by atoms with Gasteiger partial charge in [0.15, 0.2) is 3.95 Å². The van der Waals surface area contributed by atoms with Crippen molar-refractivity contribution in [1.82, 2.24) is 14.8 Å². The largest absolute Gasteiger partial charge is 0.392 e. The maximum atomic E-state index is 13.1. The quantitative estimate of drug-likeness (QED) is 0.508. The number of aromatic nitrogens is 1. The molecule has 5 nitrogen and oxygen atoms in total. The first-order valence-electron chi connectivity index (χ1n) is 9.82. The molecule has 2 aromatic carbocycles. The second-order valence-corrected chi connectivity index (χ2v) is 9.37. The molecule has 168 valence electrons. The van der Waals surface area contributed by atoms with E-state index in [0.29, 0.717) is 13.0 Å². The fourth-order valence-electron chi connectivity index (χ4n) is 3.93. The summed E-state index contributed by atoms with van der Waals surface area (Å²) in [5, 5.41) is 9.88. The molecule has 4 rings (SSSR count). The number of fused-ring (bicyclic) bond motifs is 1. The fourth-order valence-corrected chi connectivity index (χ4v) is 5.03. The summed E-state index contributed by atoms with van der Waals surface area (Å²) in [5.74, 6) is 0.0757. The number of nitrogens with zero attached hydrogens (tertiary/aromatic N) is 2. The van der Waals surface area contributed by atoms with E-state index in [1.807, 2.05) is 48.3 Å². The van der Waals surface area contributed by atoms with Crippen molar-refractivity contribution in [2.45, 2.75) is 25.0 Å². The van der Waals surface area contributed by atoms with Gasteiger partial charge in [-0.25, -0.2) is 0 Å². The highest BCUT2D eigenvalue weighted by Gasteiger charge is 2.28. The zero-order chi connectivity index (χ0) is 20.4. The molecule has 1 saturated heterocycles. The van der Waals surface area contributed by atoms with Gasteiger partial charge in [-0.3, -0.25) is 9.69 Å². The van der Waals surface area contributed by atoms with E-state index < -0.39 is 0 Å². The number of carbonyl (C=O) groups excluding carboxylic acids is 1. The van der Waals surface area contributed by atoms with E-state index in [4.69, 9.17) is 12.2 Å². The molecular formula is C22H29N3O2S4. The summed E-state index contributed by atoms with van der Waals surface area (Å²) in [6.07, 6.45) is 0.867. The number of amides is 1. The molecule has 0 saturated carbocycles. The minimum atomic E-state index is -0.268. The second kappa shape index (κ2) is 11.5. The van der Waals surface area contributed by atoms with E-state index in [1.165, 1.54) is 0 Å². The maximum absolute atomic E-state index is 13.1. The summed E-state index contributed by atoms with van der Waals surface area (Å²) in [6, 6.07) is 16.1. The number of carbonyl (C=O) groups is 1. The summed E-state index contributed by atoms with van der Waals surface area (Å²) in [6.45, 7) is 2.25. The third kappa shape index (κ3) is 6.34. The van der Waals surface area contributed by atoms with Crippen LogP contribution in [0.1, 0.15) is 23.6 Å². The van der Waals surface area contributed by atoms with Gasteiger partial charge in [-0.2, -0.15) is 27.0 Å². The van der Waals surface area contributed by atoms with Crippen molar-refractivity contribution >= 4 is 66.7 Å². The lowest BCUT2D eigenvalue weighted by molar-refractivity contribution is -0.131. The van der Waals surface area contributed by atoms with Gasteiger partial charge in [0.1, 0.15) is 0 Å². The Hall–Kier alpha value is -1.36. The number of H-pyrrole nitrogens is 1. The molecule has 2 atom stereocenters. The van der Waals surface area contributed by atoms with Gasteiger partial charge < -0.3 is 15.0 Å². The Morgan fingerprint density at radius 2 is 2.03 bits per heavy atom. The third-order valence-electron chi connectivity index (χ3n) is 5.56. The molecule has 0 aliphatic carbocycles. The minimum Gasteiger partial charge on any atom is -0.392 e. The second-order valence-electron chi connectivity index (χ2n) is 7.66. The van der Waals surface area contributed by atoms with Crippen molar-refractivity contribution < 1.29 is 9.90 Å². The number of likely N-dealkylation sites (tertiary alicyclic amines) is 1. The topological polar surface area (TPSA) is 59.6 Å². The van der Waals surface area contributed by atoms with Gasteiger partial charge in [0.25, 0.3) is 0 Å². The lowest BCUT2D eigenvalue weighted by Gasteiger charge is -2.32. The monoisotopic (exact) mass is 495 g/mol. The molecule has 0 spiro atoms. The smallest absolute Gasteiger partial charge is 0.227 e. The van der Waals surface area contributed by atoms with E-state index in [1.54, 1.807) is 11.3 Å². The standard InChI is InChI=1S/C22H25N3O2S2.2H2S/c1-24(21(27)12-15-7-8-20-18(11-15)23-22(28)29-20)19(16-5-3-2-4-6-16)14-25-10-9-17(26)13-25;;/h2-8,11,17,19,26H,9-10,12-14H2,1H3,(H,23,28);2*1H2/t17-,19+;;/m0../s1. The van der Waals surface area contributed by atoms with E-state index in [9.17, 15) is 9.90 Å². The van der Waals surface area contributed by atoms with E-state index in [2.05, 4.69) is 22.0 Å². The Bertz CT molecular complexity index is 1050. The van der Waals surface area contributed by atoms with E-state index in [-0.39, 0.29) is 45.0 Å². The summed E-state index contributed by atoms with van der Waals surface area (Å²) in [5.41, 5.74) is 3.07. The first-order valence-corrected chi connectivity index (χ1v) is 11.0. The van der Waals surface area contributed by atoms with Gasteiger partial charge in [-0.15, -0.1) is 11.3 Å². The molecule has 0 bridgehead atoms. The van der Waals surface area contributed by atoms with Crippen LogP contribution in [0.25, 0.3) is 10.2 Å². The normalized spacial score (nSPS) is 17.0. The highest BCUT2D eigenvalue weighted by atomic mass is 32.1. The number of hydrogen-bond acceptors (Lipinski definition) is 5. The van der Waals surface area contributed by atoms with Gasteiger partial charge in [0.05, 0.1) is 28.8 Å². The Morgan fingerprint density at radius 1 is 1.29 bits per heavy atom. The summed E-state index contributed by atoms with van der Waals surface area (Å²) in [4.78, 5) is 20.4. The number of hydrogen-bond donors (Lipinski definition) is 2. The Balaban J connectivity index is 0.00000171. The molecule has 1 aliphatic heterocycles. The van der Waals surface area contributed by atoms with Gasteiger partial charge in [-0.1, -0.05) is 36.4 Å². The van der Waals surface area contributed by atoms with Gasteiger partial charge >= 0.3 is 0 Å². The molecular weight excluding hydrogens is 467 g/mol. The molecule has 9 heteroatoms. The van der Waals surface area contributed by atoms with Crippen molar-refractivity contribution in [2.75, 3.05) is 26.7 Å². The van der Waals surface area contributed by atoms with Crippen LogP contribution < -0.4 is 0 Å². The average molecular weight is 496 g/mol. The lowest BCUT2D eigenvalue weighted by atomic mass is 10.0. The molecule has 0 radical (unpaired) electrons. The number of β-amino-alcohol motifs (C(OH)–C–C–N with tert-alkyl or cyclic N) is 1. The highest BCUT2D eigenvalue weighted by molar-refractivity contribution is 7.73. The van der Waals surface area contributed by atoms with Gasteiger partial charge in [-0.05, 0) is 41.9 Å². The molecule has 3 aromatic rings. The lowest BCUT2D eigenvalue weighted by Crippen LogP contribution is -2.39. The van der Waals surface area contributed by atoms with Crippen LogP contribution in [0.4, 0.5) is 0 Å². The minimum absolute atomic E-state index is 0. The van der Waals surface area contributed by atoms with Crippen molar-refractivity contribution in [3.8, 4) is 0 Å². The van der Waals surface area contributed by atoms with Crippen LogP contribution >= 0.6 is 50.5 Å². The summed E-state index contributed by atoms with van der Waals surface area (Å²) in [7, 11) is 1.88. The molecule has 1 aliphatic rings. The first kappa shape index (κ1) is 25.9. The van der Waals surface area contributed by atoms with Gasteiger partial charge in [0.2, 0.25) is 5.91 Å². The predicted octanol–water partition coefficient (Wildman–Crippen LogP) is 3.99. The Kier molecular flexibility index (Phi) is 9.60. The highest BCUT2D eigenvalue weighted by Crippen LogP contribution is 2.25. The maximum Gasteiger partial charge on any atom is 0.227 e. The van der Waals surface area contributed by atoms with Crippen LogP contribution in [0.5, 0.6) is 0 Å². The van der Waals surface area contributed by atoms with Crippen molar-refractivity contribution in [3.05, 3.63) is 63.6 Å². The number of rotatable bonds is 6. The summed E-state index contributed by atoms with van der Waals surface area (Å²) < 4.78 is 1.85. The molecule has 0 unspecified atom stereocenters. The Labute approximate surface area is 206 Å². The molecule has 1 amide bonds. The molecule has 31 heavy (non-hydrogen) atoms. The third-order valence-corrected chi connectivity index (χ3v) is 6.78. The number of thiazole rings is 1. The number of benzene rings is 2. The van der Waals surface area contributed by atoms with Crippen molar-refractivity contribution in [1.29, 1.82) is 0 Å². The van der Waals surface area contributed by atoms with Crippen LogP contribution in [0, 0.1) is 3.95 Å². The van der Waals surface area contributed by atoms with Gasteiger partial charge in [0, 0.05) is 26.7 Å².